The van der Waals surface area contributed by atoms with Crippen molar-refractivity contribution in [1.29, 1.82) is 0 Å². The van der Waals surface area contributed by atoms with Crippen LogP contribution in [0.4, 0.5) is 5.69 Å². The Balaban J connectivity index is 1.64. The predicted octanol–water partition coefficient (Wildman–Crippen LogP) is 2.79. The van der Waals surface area contributed by atoms with Crippen molar-refractivity contribution in [3.63, 3.8) is 0 Å². The summed E-state index contributed by atoms with van der Waals surface area (Å²) in [6.45, 7) is 0. The molecule has 0 aliphatic carbocycles. The largest absolute Gasteiger partial charge is 0.326 e. The topological polar surface area (TPSA) is 89.0 Å². The van der Waals surface area contributed by atoms with Gasteiger partial charge in [-0.3, -0.25) is 9.78 Å². The number of hydrogen-bond donors (Lipinski definition) is 1. The number of nitrogens with zero attached hydrogens (tertiary/aromatic N) is 2. The van der Waals surface area contributed by atoms with Gasteiger partial charge >= 0.3 is 0 Å². The molecule has 0 saturated carbocycles. The lowest BCUT2D eigenvalue weighted by Crippen LogP contribution is -2.14. The van der Waals surface area contributed by atoms with E-state index in [4.69, 9.17) is 0 Å². The monoisotopic (exact) mass is 373 g/mol. The Kier molecular flexibility index (Phi) is 4.91. The maximum absolute atomic E-state index is 12.1. The maximum atomic E-state index is 12.1. The minimum absolute atomic E-state index is 0.143. The first-order valence-corrected chi connectivity index (χ1v) is 10.1. The number of carbonyl (C=O) groups is 1. The van der Waals surface area contributed by atoms with Crippen LogP contribution in [0.25, 0.3) is 10.6 Å². The van der Waals surface area contributed by atoms with E-state index in [9.17, 15) is 13.2 Å². The normalized spacial score (nSPS) is 11.2. The van der Waals surface area contributed by atoms with Gasteiger partial charge in [-0.1, -0.05) is 0 Å². The summed E-state index contributed by atoms with van der Waals surface area (Å²) in [5.41, 5.74) is 2.13. The minimum atomic E-state index is -3.25. The van der Waals surface area contributed by atoms with Gasteiger partial charge in [-0.2, -0.15) is 0 Å². The second-order valence-electron chi connectivity index (χ2n) is 5.41. The zero-order valence-electron chi connectivity index (χ0n) is 13.3. The molecule has 0 fully saturated rings. The number of sulfone groups is 1. The zero-order chi connectivity index (χ0) is 17.9. The van der Waals surface area contributed by atoms with E-state index < -0.39 is 9.84 Å². The number of hydrogen-bond acceptors (Lipinski definition) is 6. The first kappa shape index (κ1) is 17.2. The van der Waals surface area contributed by atoms with E-state index in [1.54, 1.807) is 24.5 Å². The molecule has 0 aliphatic heterocycles. The highest BCUT2D eigenvalue weighted by molar-refractivity contribution is 7.90. The van der Waals surface area contributed by atoms with Gasteiger partial charge in [0, 0.05) is 35.3 Å². The van der Waals surface area contributed by atoms with Crippen LogP contribution >= 0.6 is 11.3 Å². The van der Waals surface area contributed by atoms with Gasteiger partial charge in [0.25, 0.3) is 0 Å². The third-order valence-corrected chi connectivity index (χ3v) is 5.44. The van der Waals surface area contributed by atoms with Crippen LogP contribution in [0.5, 0.6) is 0 Å². The standard InChI is InChI=1S/C17H15N3O3S2/c1-25(22,23)15-6-4-13(5-7-15)19-16(21)9-14-11-24-17(20-14)12-3-2-8-18-10-12/h2-8,10-11H,9H2,1H3,(H,19,21). The Labute approximate surface area is 149 Å². The lowest BCUT2D eigenvalue weighted by Gasteiger charge is -2.05. The average Bonchev–Trinajstić information content (AvgIpc) is 3.03. The van der Waals surface area contributed by atoms with Crippen molar-refractivity contribution in [2.45, 2.75) is 11.3 Å². The van der Waals surface area contributed by atoms with Gasteiger partial charge in [-0.25, -0.2) is 13.4 Å². The van der Waals surface area contributed by atoms with Gasteiger partial charge in [0.15, 0.2) is 9.84 Å². The molecular formula is C17H15N3O3S2. The molecule has 0 spiro atoms. The van der Waals surface area contributed by atoms with Crippen LogP contribution in [0.3, 0.4) is 0 Å². The number of anilines is 1. The number of carbonyl (C=O) groups excluding carboxylic acids is 1. The van der Waals surface area contributed by atoms with Crippen molar-refractivity contribution in [2.75, 3.05) is 11.6 Å². The molecule has 3 aromatic rings. The third-order valence-electron chi connectivity index (χ3n) is 3.37. The molecule has 0 atom stereocenters. The van der Waals surface area contributed by atoms with Crippen molar-refractivity contribution < 1.29 is 13.2 Å². The Morgan fingerprint density at radius 1 is 1.20 bits per heavy atom. The van der Waals surface area contributed by atoms with E-state index in [-0.39, 0.29) is 17.2 Å². The number of thiazole rings is 1. The molecule has 25 heavy (non-hydrogen) atoms. The third kappa shape index (κ3) is 4.49. The SMILES string of the molecule is CS(=O)(=O)c1ccc(NC(=O)Cc2csc(-c3cccnc3)n2)cc1. The zero-order valence-corrected chi connectivity index (χ0v) is 15.0. The van der Waals surface area contributed by atoms with Crippen LogP contribution < -0.4 is 5.32 Å². The summed E-state index contributed by atoms with van der Waals surface area (Å²) < 4.78 is 22.9. The van der Waals surface area contributed by atoms with E-state index in [2.05, 4.69) is 15.3 Å². The van der Waals surface area contributed by atoms with Crippen molar-refractivity contribution in [1.82, 2.24) is 9.97 Å². The summed E-state index contributed by atoms with van der Waals surface area (Å²) >= 11 is 1.46. The molecule has 3 rings (SSSR count). The summed E-state index contributed by atoms with van der Waals surface area (Å²) in [5.74, 6) is -0.213. The number of nitrogens with one attached hydrogen (secondary N) is 1. The highest BCUT2D eigenvalue weighted by Gasteiger charge is 2.11. The van der Waals surface area contributed by atoms with Crippen molar-refractivity contribution in [3.8, 4) is 10.6 Å². The molecule has 2 heterocycles. The molecule has 6 nitrogen and oxygen atoms in total. The van der Waals surface area contributed by atoms with Gasteiger partial charge in [0.05, 0.1) is 17.0 Å². The Bertz CT molecular complexity index is 981. The van der Waals surface area contributed by atoms with Crippen LogP contribution in [0.1, 0.15) is 5.69 Å². The second kappa shape index (κ2) is 7.12. The van der Waals surface area contributed by atoms with E-state index in [1.807, 2.05) is 17.5 Å². The molecule has 0 aliphatic rings. The van der Waals surface area contributed by atoms with Gasteiger partial charge in [-0.15, -0.1) is 11.3 Å². The summed E-state index contributed by atoms with van der Waals surface area (Å²) in [5, 5.41) is 5.39. The Morgan fingerprint density at radius 2 is 1.96 bits per heavy atom. The smallest absolute Gasteiger partial charge is 0.230 e. The first-order valence-electron chi connectivity index (χ1n) is 7.36. The summed E-state index contributed by atoms with van der Waals surface area (Å²) in [7, 11) is -3.25. The molecule has 0 bridgehead atoms. The second-order valence-corrected chi connectivity index (χ2v) is 8.28. The van der Waals surface area contributed by atoms with Crippen LogP contribution in [0.2, 0.25) is 0 Å². The van der Waals surface area contributed by atoms with Crippen molar-refractivity contribution >= 4 is 32.8 Å². The number of aromatic nitrogens is 2. The average molecular weight is 373 g/mol. The molecule has 128 valence electrons. The van der Waals surface area contributed by atoms with Crippen LogP contribution in [-0.2, 0) is 21.1 Å². The molecule has 8 heteroatoms. The Morgan fingerprint density at radius 3 is 2.60 bits per heavy atom. The van der Waals surface area contributed by atoms with Crippen LogP contribution in [0.15, 0.2) is 59.1 Å². The van der Waals surface area contributed by atoms with Gasteiger partial charge in [-0.05, 0) is 36.4 Å². The van der Waals surface area contributed by atoms with Gasteiger partial charge in [0.2, 0.25) is 5.91 Å². The van der Waals surface area contributed by atoms with Gasteiger partial charge < -0.3 is 5.32 Å². The molecule has 0 unspecified atom stereocenters. The van der Waals surface area contributed by atoms with E-state index in [0.717, 1.165) is 16.8 Å². The van der Waals surface area contributed by atoms with E-state index in [0.29, 0.717) is 11.4 Å². The number of benzene rings is 1. The molecule has 0 radical (unpaired) electrons. The number of amides is 1. The van der Waals surface area contributed by atoms with E-state index >= 15 is 0 Å². The summed E-state index contributed by atoms with van der Waals surface area (Å²) in [6.07, 6.45) is 4.71. The van der Waals surface area contributed by atoms with Crippen molar-refractivity contribution in [2.24, 2.45) is 0 Å². The number of pyridine rings is 1. The fourth-order valence-electron chi connectivity index (χ4n) is 2.17. The van der Waals surface area contributed by atoms with Crippen LogP contribution in [0, 0.1) is 0 Å². The lowest BCUT2D eigenvalue weighted by atomic mass is 10.2. The first-order chi connectivity index (χ1) is 11.9. The van der Waals surface area contributed by atoms with Crippen molar-refractivity contribution in [3.05, 3.63) is 59.9 Å². The molecular weight excluding hydrogens is 358 g/mol. The lowest BCUT2D eigenvalue weighted by molar-refractivity contribution is -0.115. The minimum Gasteiger partial charge on any atom is -0.326 e. The molecule has 0 saturated heterocycles. The van der Waals surface area contributed by atoms with Crippen LogP contribution in [-0.4, -0.2) is 30.5 Å². The molecule has 2 aromatic heterocycles. The molecule has 1 amide bonds. The summed E-state index contributed by atoms with van der Waals surface area (Å²) in [6, 6.07) is 9.82. The molecule has 1 aromatic carbocycles. The molecule has 1 N–H and O–H groups in total. The maximum Gasteiger partial charge on any atom is 0.230 e. The quantitative estimate of drug-likeness (QED) is 0.743. The highest BCUT2D eigenvalue weighted by Crippen LogP contribution is 2.23. The number of rotatable bonds is 5. The predicted molar refractivity (Wildman–Crippen MR) is 97.2 cm³/mol. The fraction of sp³-hybridized carbons (Fsp3) is 0.118. The Hall–Kier alpha value is -2.58. The van der Waals surface area contributed by atoms with Gasteiger partial charge in [0.1, 0.15) is 5.01 Å². The van der Waals surface area contributed by atoms with E-state index in [1.165, 1.54) is 23.5 Å². The fourth-order valence-corrected chi connectivity index (χ4v) is 3.61. The highest BCUT2D eigenvalue weighted by atomic mass is 32.2. The summed E-state index contributed by atoms with van der Waals surface area (Å²) in [4.78, 5) is 20.8.